The number of hydrogen-bond acceptors (Lipinski definition) is 5. The molecule has 1 aliphatic heterocycles. The highest BCUT2D eigenvalue weighted by Gasteiger charge is 2.22. The van der Waals surface area contributed by atoms with Gasteiger partial charge in [0.05, 0.1) is 12.1 Å². The molecule has 14 heavy (non-hydrogen) atoms. The summed E-state index contributed by atoms with van der Waals surface area (Å²) in [7, 11) is 0. The van der Waals surface area contributed by atoms with E-state index in [0.717, 1.165) is 24.0 Å². The van der Waals surface area contributed by atoms with Crippen molar-refractivity contribution in [2.75, 3.05) is 11.9 Å². The van der Waals surface area contributed by atoms with Crippen molar-refractivity contribution in [2.24, 2.45) is 0 Å². The second-order valence-electron chi connectivity index (χ2n) is 3.63. The highest BCUT2D eigenvalue weighted by Crippen LogP contribution is 2.19. The summed E-state index contributed by atoms with van der Waals surface area (Å²) in [5, 5.41) is 4.22. The molecule has 0 spiro atoms. The Morgan fingerprint density at radius 3 is 3.07 bits per heavy atom. The van der Waals surface area contributed by atoms with Crippen molar-refractivity contribution < 1.29 is 4.74 Å². The van der Waals surface area contributed by atoms with E-state index >= 15 is 0 Å². The van der Waals surface area contributed by atoms with Crippen LogP contribution in [0.15, 0.2) is 0 Å². The molecule has 0 radical (unpaired) electrons. The van der Waals surface area contributed by atoms with Crippen molar-refractivity contribution in [1.82, 2.24) is 9.36 Å². The fraction of sp³-hybridized carbons (Fsp3) is 0.778. The van der Waals surface area contributed by atoms with Gasteiger partial charge in [-0.05, 0) is 26.7 Å². The Bertz CT molecular complexity index is 296. The predicted molar refractivity (Wildman–Crippen MR) is 56.7 cm³/mol. The van der Waals surface area contributed by atoms with Gasteiger partial charge in [0.25, 0.3) is 0 Å². The van der Waals surface area contributed by atoms with E-state index in [1.807, 2.05) is 6.92 Å². The fourth-order valence-electron chi connectivity index (χ4n) is 1.64. The molecular weight excluding hydrogens is 198 g/mol. The lowest BCUT2D eigenvalue weighted by atomic mass is 10.1. The fourth-order valence-corrected chi connectivity index (χ4v) is 2.31. The van der Waals surface area contributed by atoms with Crippen molar-refractivity contribution in [1.29, 1.82) is 0 Å². The van der Waals surface area contributed by atoms with E-state index in [-0.39, 0.29) is 0 Å². The number of nitrogens with one attached hydrogen (secondary N) is 1. The quantitative estimate of drug-likeness (QED) is 0.832. The van der Waals surface area contributed by atoms with E-state index in [9.17, 15) is 0 Å². The number of nitrogens with zero attached hydrogens (tertiary/aromatic N) is 2. The van der Waals surface area contributed by atoms with Gasteiger partial charge in [-0.1, -0.05) is 0 Å². The summed E-state index contributed by atoms with van der Waals surface area (Å²) in [6.45, 7) is 4.93. The van der Waals surface area contributed by atoms with Crippen molar-refractivity contribution >= 4 is 16.7 Å². The Hall–Kier alpha value is -0.680. The topological polar surface area (TPSA) is 47.0 Å². The molecule has 1 N–H and O–H groups in total. The lowest BCUT2D eigenvalue weighted by molar-refractivity contribution is 0.0996. The lowest BCUT2D eigenvalue weighted by Crippen LogP contribution is -2.29. The normalized spacial score (nSPS) is 23.7. The molecular formula is C9H15N3OS. The number of aromatic nitrogens is 2. The maximum atomic E-state index is 5.59. The van der Waals surface area contributed by atoms with Crippen LogP contribution in [-0.2, 0) is 4.74 Å². The minimum absolute atomic E-state index is 0.324. The van der Waals surface area contributed by atoms with Gasteiger partial charge in [0.2, 0.25) is 5.13 Å². The summed E-state index contributed by atoms with van der Waals surface area (Å²) >= 11 is 1.41. The van der Waals surface area contributed by atoms with Gasteiger partial charge in [0.1, 0.15) is 5.82 Å². The molecule has 0 aromatic carbocycles. The first kappa shape index (κ1) is 9.86. The smallest absolute Gasteiger partial charge is 0.202 e. The summed E-state index contributed by atoms with van der Waals surface area (Å²) in [5.41, 5.74) is 0. The average Bonchev–Trinajstić information content (AvgIpc) is 2.75. The Morgan fingerprint density at radius 2 is 2.50 bits per heavy atom. The molecule has 4 nitrogen and oxygen atoms in total. The van der Waals surface area contributed by atoms with Crippen LogP contribution in [0.25, 0.3) is 0 Å². The van der Waals surface area contributed by atoms with E-state index in [4.69, 9.17) is 4.74 Å². The van der Waals surface area contributed by atoms with Crippen molar-refractivity contribution in [3.05, 3.63) is 5.82 Å². The number of ether oxygens (including phenoxy) is 1. The Kier molecular flexibility index (Phi) is 2.98. The average molecular weight is 213 g/mol. The lowest BCUT2D eigenvalue weighted by Gasteiger charge is -2.18. The number of aryl methyl sites for hydroxylation is 1. The molecule has 0 aliphatic carbocycles. The first-order valence-corrected chi connectivity index (χ1v) is 5.71. The molecule has 0 bridgehead atoms. The van der Waals surface area contributed by atoms with Gasteiger partial charge in [-0.15, -0.1) is 0 Å². The Balaban J connectivity index is 1.90. The molecule has 1 aliphatic rings. The molecule has 2 unspecified atom stereocenters. The van der Waals surface area contributed by atoms with Gasteiger partial charge in [-0.25, -0.2) is 4.98 Å². The molecule has 1 aromatic rings. The molecule has 2 rings (SSSR count). The SMILES string of the molecule is Cc1nsc(NC(C)C2CCCO2)n1. The van der Waals surface area contributed by atoms with Crippen LogP contribution in [0.5, 0.6) is 0 Å². The van der Waals surface area contributed by atoms with E-state index in [1.54, 1.807) is 0 Å². The van der Waals surface area contributed by atoms with Crippen LogP contribution < -0.4 is 5.32 Å². The first-order valence-electron chi connectivity index (χ1n) is 4.94. The van der Waals surface area contributed by atoms with Crippen LogP contribution in [0.4, 0.5) is 5.13 Å². The third-order valence-electron chi connectivity index (χ3n) is 2.40. The van der Waals surface area contributed by atoms with Crippen LogP contribution in [0.3, 0.4) is 0 Å². The minimum Gasteiger partial charge on any atom is -0.376 e. The van der Waals surface area contributed by atoms with Crippen LogP contribution in [-0.4, -0.2) is 28.1 Å². The second kappa shape index (κ2) is 4.23. The summed E-state index contributed by atoms with van der Waals surface area (Å²) < 4.78 is 9.71. The number of anilines is 1. The van der Waals surface area contributed by atoms with E-state index < -0.39 is 0 Å². The molecule has 0 saturated carbocycles. The van der Waals surface area contributed by atoms with Gasteiger partial charge in [-0.3, -0.25) is 0 Å². The molecule has 1 fully saturated rings. The van der Waals surface area contributed by atoms with E-state index in [2.05, 4.69) is 21.6 Å². The van der Waals surface area contributed by atoms with Gasteiger partial charge >= 0.3 is 0 Å². The van der Waals surface area contributed by atoms with Crippen LogP contribution >= 0.6 is 11.5 Å². The summed E-state index contributed by atoms with van der Waals surface area (Å²) in [6, 6.07) is 0.324. The molecule has 2 atom stereocenters. The zero-order valence-corrected chi connectivity index (χ0v) is 9.30. The van der Waals surface area contributed by atoms with Crippen molar-refractivity contribution in [2.45, 2.75) is 38.8 Å². The number of hydrogen-bond donors (Lipinski definition) is 1. The Morgan fingerprint density at radius 1 is 1.64 bits per heavy atom. The molecule has 78 valence electrons. The molecule has 2 heterocycles. The second-order valence-corrected chi connectivity index (χ2v) is 4.38. The Labute approximate surface area is 87.9 Å². The van der Waals surface area contributed by atoms with Gasteiger partial charge in [0, 0.05) is 18.1 Å². The van der Waals surface area contributed by atoms with Crippen molar-refractivity contribution in [3.8, 4) is 0 Å². The molecule has 0 amide bonds. The zero-order valence-electron chi connectivity index (χ0n) is 8.49. The van der Waals surface area contributed by atoms with Crippen LogP contribution in [0, 0.1) is 6.92 Å². The summed E-state index contributed by atoms with van der Waals surface area (Å²) in [4.78, 5) is 4.26. The van der Waals surface area contributed by atoms with Crippen LogP contribution in [0.1, 0.15) is 25.6 Å². The third-order valence-corrected chi connectivity index (χ3v) is 3.14. The monoisotopic (exact) mass is 213 g/mol. The molecule has 1 saturated heterocycles. The standard InChI is InChI=1S/C9H15N3OS/c1-6(8-4-3-5-13-8)10-9-11-7(2)12-14-9/h6,8H,3-5H2,1-2H3,(H,10,11,12). The van der Waals surface area contributed by atoms with Crippen LogP contribution in [0.2, 0.25) is 0 Å². The first-order chi connectivity index (χ1) is 6.75. The third kappa shape index (κ3) is 2.22. The maximum Gasteiger partial charge on any atom is 0.202 e. The largest absolute Gasteiger partial charge is 0.376 e. The molecule has 1 aromatic heterocycles. The molecule has 5 heteroatoms. The van der Waals surface area contributed by atoms with Gasteiger partial charge in [0.15, 0.2) is 0 Å². The highest BCUT2D eigenvalue weighted by atomic mass is 32.1. The van der Waals surface area contributed by atoms with E-state index in [0.29, 0.717) is 12.1 Å². The number of rotatable bonds is 3. The summed E-state index contributed by atoms with van der Waals surface area (Å²) in [6.07, 6.45) is 2.65. The van der Waals surface area contributed by atoms with Crippen molar-refractivity contribution in [3.63, 3.8) is 0 Å². The van der Waals surface area contributed by atoms with Gasteiger partial charge < -0.3 is 10.1 Å². The zero-order chi connectivity index (χ0) is 9.97. The highest BCUT2D eigenvalue weighted by molar-refractivity contribution is 7.09. The minimum atomic E-state index is 0.324. The van der Waals surface area contributed by atoms with Gasteiger partial charge in [-0.2, -0.15) is 4.37 Å². The predicted octanol–water partition coefficient (Wildman–Crippen LogP) is 1.83. The maximum absolute atomic E-state index is 5.59. The van der Waals surface area contributed by atoms with E-state index in [1.165, 1.54) is 18.0 Å². The summed E-state index contributed by atoms with van der Waals surface area (Å²) in [5.74, 6) is 0.831.